The second kappa shape index (κ2) is 8.72. The predicted octanol–water partition coefficient (Wildman–Crippen LogP) is 3.69. The molecule has 1 aliphatic rings. The van der Waals surface area contributed by atoms with Crippen molar-refractivity contribution in [1.82, 2.24) is 0 Å². The highest BCUT2D eigenvalue weighted by atomic mass is 16.6. The largest absolute Gasteiger partial charge is 0.449 e. The van der Waals surface area contributed by atoms with E-state index in [9.17, 15) is 19.7 Å². The number of hydrogen-bond donors (Lipinski definition) is 1. The summed E-state index contributed by atoms with van der Waals surface area (Å²) in [6, 6.07) is 11.5. The number of ether oxygens (including phenoxy) is 1. The van der Waals surface area contributed by atoms with Crippen molar-refractivity contribution >= 4 is 28.9 Å². The van der Waals surface area contributed by atoms with Gasteiger partial charge in [-0.15, -0.1) is 0 Å². The Kier molecular flexibility index (Phi) is 6.11. The first-order chi connectivity index (χ1) is 13.8. The summed E-state index contributed by atoms with van der Waals surface area (Å²) >= 11 is 0. The Balaban J connectivity index is 1.69. The van der Waals surface area contributed by atoms with Gasteiger partial charge < -0.3 is 15.0 Å². The van der Waals surface area contributed by atoms with Crippen LogP contribution in [0, 0.1) is 17.0 Å². The number of esters is 1. The third-order valence-electron chi connectivity index (χ3n) is 4.83. The van der Waals surface area contributed by atoms with Crippen LogP contribution in [0.5, 0.6) is 0 Å². The van der Waals surface area contributed by atoms with Gasteiger partial charge in [0, 0.05) is 24.8 Å². The van der Waals surface area contributed by atoms with E-state index in [1.807, 2.05) is 24.0 Å². The fourth-order valence-electron chi connectivity index (χ4n) is 3.18. The van der Waals surface area contributed by atoms with Crippen molar-refractivity contribution in [2.45, 2.75) is 32.8 Å². The van der Waals surface area contributed by atoms with Crippen LogP contribution in [0.4, 0.5) is 17.1 Å². The van der Waals surface area contributed by atoms with Crippen LogP contribution in [0.25, 0.3) is 0 Å². The first kappa shape index (κ1) is 20.3. The lowest BCUT2D eigenvalue weighted by molar-refractivity contribution is -0.384. The van der Waals surface area contributed by atoms with E-state index in [-0.39, 0.29) is 11.3 Å². The number of amides is 1. The van der Waals surface area contributed by atoms with Crippen molar-refractivity contribution in [3.05, 3.63) is 63.7 Å². The molecule has 0 radical (unpaired) electrons. The van der Waals surface area contributed by atoms with Gasteiger partial charge in [-0.1, -0.05) is 17.7 Å². The number of nitrogens with one attached hydrogen (secondary N) is 1. The van der Waals surface area contributed by atoms with Crippen LogP contribution < -0.4 is 10.2 Å². The Morgan fingerprint density at radius 2 is 1.79 bits per heavy atom. The normalized spacial score (nSPS) is 14.3. The standard InChI is InChI=1S/C21H23N3O5/c1-14-5-8-17(9-6-14)22-20(25)15(2)29-21(26)16-7-10-18(19(13-16)24(27)28)23-11-3-4-12-23/h5-10,13,15H,3-4,11-12H2,1-2H3,(H,22,25)/t15-/m0/s1. The van der Waals surface area contributed by atoms with Gasteiger partial charge in [-0.3, -0.25) is 14.9 Å². The lowest BCUT2D eigenvalue weighted by atomic mass is 10.1. The fourth-order valence-corrected chi connectivity index (χ4v) is 3.18. The Labute approximate surface area is 168 Å². The maximum Gasteiger partial charge on any atom is 0.339 e. The molecule has 152 valence electrons. The minimum absolute atomic E-state index is 0.0367. The van der Waals surface area contributed by atoms with Gasteiger partial charge in [0.1, 0.15) is 5.69 Å². The van der Waals surface area contributed by atoms with Gasteiger partial charge in [0.2, 0.25) is 0 Å². The van der Waals surface area contributed by atoms with Crippen molar-refractivity contribution in [1.29, 1.82) is 0 Å². The van der Waals surface area contributed by atoms with Crippen LogP contribution in [-0.2, 0) is 9.53 Å². The van der Waals surface area contributed by atoms with Gasteiger partial charge in [0.05, 0.1) is 10.5 Å². The highest BCUT2D eigenvalue weighted by Gasteiger charge is 2.25. The van der Waals surface area contributed by atoms with Crippen LogP contribution in [0.1, 0.15) is 35.7 Å². The van der Waals surface area contributed by atoms with Gasteiger partial charge in [0.15, 0.2) is 6.10 Å². The molecule has 29 heavy (non-hydrogen) atoms. The number of benzene rings is 2. The average molecular weight is 397 g/mol. The smallest absolute Gasteiger partial charge is 0.339 e. The summed E-state index contributed by atoms with van der Waals surface area (Å²) in [4.78, 5) is 37.6. The van der Waals surface area contributed by atoms with Crippen LogP contribution in [-0.4, -0.2) is 36.0 Å². The van der Waals surface area contributed by atoms with Crippen molar-refractivity contribution in [3.63, 3.8) is 0 Å². The maximum atomic E-state index is 12.4. The molecular formula is C21H23N3O5. The molecule has 8 nitrogen and oxygen atoms in total. The Morgan fingerprint density at radius 3 is 2.41 bits per heavy atom. The molecule has 0 bridgehead atoms. The predicted molar refractivity (Wildman–Crippen MR) is 109 cm³/mol. The summed E-state index contributed by atoms with van der Waals surface area (Å²) in [6.45, 7) is 4.89. The number of nitro benzene ring substituents is 1. The highest BCUT2D eigenvalue weighted by molar-refractivity contribution is 5.97. The van der Waals surface area contributed by atoms with Gasteiger partial charge in [-0.2, -0.15) is 0 Å². The number of anilines is 2. The first-order valence-corrected chi connectivity index (χ1v) is 9.47. The van der Waals surface area contributed by atoms with Crippen LogP contribution in [0.2, 0.25) is 0 Å². The maximum absolute atomic E-state index is 12.4. The molecule has 1 atom stereocenters. The second-order valence-electron chi connectivity index (χ2n) is 7.06. The molecule has 0 unspecified atom stereocenters. The molecule has 0 aromatic heterocycles. The fraction of sp³-hybridized carbons (Fsp3) is 0.333. The molecule has 2 aromatic carbocycles. The van der Waals surface area contributed by atoms with Crippen LogP contribution in [0.3, 0.4) is 0 Å². The molecule has 8 heteroatoms. The zero-order valence-corrected chi connectivity index (χ0v) is 16.4. The monoisotopic (exact) mass is 397 g/mol. The summed E-state index contributed by atoms with van der Waals surface area (Å²) in [5.74, 6) is -1.27. The molecule has 0 saturated carbocycles. The lowest BCUT2D eigenvalue weighted by Crippen LogP contribution is -2.30. The van der Waals surface area contributed by atoms with E-state index in [0.717, 1.165) is 31.5 Å². The third-order valence-corrected chi connectivity index (χ3v) is 4.83. The third kappa shape index (κ3) is 4.90. The molecule has 1 saturated heterocycles. The number of aryl methyl sites for hydroxylation is 1. The molecule has 3 rings (SSSR count). The number of rotatable bonds is 6. The molecule has 1 fully saturated rings. The summed E-state index contributed by atoms with van der Waals surface area (Å²) in [6.07, 6.45) is 0.907. The summed E-state index contributed by atoms with van der Waals surface area (Å²) in [5, 5.41) is 14.1. The molecule has 1 heterocycles. The zero-order valence-electron chi connectivity index (χ0n) is 16.4. The number of nitro groups is 1. The van der Waals surface area contributed by atoms with E-state index in [1.165, 1.54) is 19.1 Å². The molecule has 0 spiro atoms. The van der Waals surface area contributed by atoms with Crippen molar-refractivity contribution < 1.29 is 19.2 Å². The van der Waals surface area contributed by atoms with Crippen LogP contribution in [0.15, 0.2) is 42.5 Å². The topological polar surface area (TPSA) is 102 Å². The van der Waals surface area contributed by atoms with Gasteiger partial charge in [-0.25, -0.2) is 4.79 Å². The number of hydrogen-bond acceptors (Lipinski definition) is 6. The average Bonchev–Trinajstić information content (AvgIpc) is 3.23. The van der Waals surface area contributed by atoms with Crippen molar-refractivity contribution in [3.8, 4) is 0 Å². The Bertz CT molecular complexity index is 920. The van der Waals surface area contributed by atoms with E-state index >= 15 is 0 Å². The molecule has 2 aromatic rings. The zero-order chi connectivity index (χ0) is 21.0. The van der Waals surface area contributed by atoms with Crippen molar-refractivity contribution in [2.75, 3.05) is 23.3 Å². The summed E-state index contributed by atoms with van der Waals surface area (Å²) in [5.41, 5.74) is 2.04. The lowest BCUT2D eigenvalue weighted by Gasteiger charge is -2.18. The van der Waals surface area contributed by atoms with E-state index < -0.39 is 22.9 Å². The summed E-state index contributed by atoms with van der Waals surface area (Å²) in [7, 11) is 0. The molecular weight excluding hydrogens is 374 g/mol. The minimum atomic E-state index is -1.05. The number of carbonyl (C=O) groups excluding carboxylic acids is 2. The minimum Gasteiger partial charge on any atom is -0.449 e. The number of nitrogens with zero attached hydrogens (tertiary/aromatic N) is 2. The SMILES string of the molecule is Cc1ccc(NC(=O)[C@H](C)OC(=O)c2ccc(N3CCCC3)c([N+](=O)[O-])c2)cc1. The molecule has 1 aliphatic heterocycles. The Morgan fingerprint density at radius 1 is 1.14 bits per heavy atom. The molecule has 0 aliphatic carbocycles. The van der Waals surface area contributed by atoms with E-state index in [1.54, 1.807) is 18.2 Å². The van der Waals surface area contributed by atoms with Gasteiger partial charge in [-0.05, 0) is 51.0 Å². The second-order valence-corrected chi connectivity index (χ2v) is 7.06. The molecule has 1 N–H and O–H groups in total. The Hall–Kier alpha value is -3.42. The van der Waals surface area contributed by atoms with Crippen LogP contribution >= 0.6 is 0 Å². The highest BCUT2D eigenvalue weighted by Crippen LogP contribution is 2.32. The number of carbonyl (C=O) groups is 2. The van der Waals surface area contributed by atoms with Gasteiger partial charge >= 0.3 is 5.97 Å². The van der Waals surface area contributed by atoms with Crippen molar-refractivity contribution in [2.24, 2.45) is 0 Å². The van der Waals surface area contributed by atoms with E-state index in [4.69, 9.17) is 4.74 Å². The van der Waals surface area contributed by atoms with Gasteiger partial charge in [0.25, 0.3) is 11.6 Å². The molecule has 1 amide bonds. The van der Waals surface area contributed by atoms with E-state index in [2.05, 4.69) is 5.32 Å². The quantitative estimate of drug-likeness (QED) is 0.453. The summed E-state index contributed by atoms with van der Waals surface area (Å²) < 4.78 is 5.21. The van der Waals surface area contributed by atoms with E-state index in [0.29, 0.717) is 11.4 Å². The first-order valence-electron chi connectivity index (χ1n) is 9.47.